The molecule has 1 saturated heterocycles. The maximum absolute atomic E-state index is 14.4. The molecule has 16 heteroatoms. The molecular formula is C20H17ClF4N6O5. The van der Waals surface area contributed by atoms with Crippen LogP contribution in [0.1, 0.15) is 25.8 Å². The Hall–Kier alpha value is -3.72. The Morgan fingerprint density at radius 2 is 2.06 bits per heavy atom. The maximum Gasteiger partial charge on any atom is 0.573 e. The SMILES string of the molecule is C[C@H](Nc1ncc(F)c(N2C(=O)OCC2[C@@H](C)O)n1)c1nc(-c2ccc(Cl)c(OC(F)(F)F)c2)no1. The molecule has 3 aromatic rings. The first-order chi connectivity index (χ1) is 16.9. The molecule has 192 valence electrons. The first-order valence-corrected chi connectivity index (χ1v) is 10.6. The Morgan fingerprint density at radius 1 is 1.31 bits per heavy atom. The second-order valence-electron chi connectivity index (χ2n) is 7.64. The van der Waals surface area contributed by atoms with Gasteiger partial charge < -0.3 is 24.4 Å². The van der Waals surface area contributed by atoms with Crippen molar-refractivity contribution in [1.29, 1.82) is 0 Å². The van der Waals surface area contributed by atoms with Gasteiger partial charge in [-0.3, -0.25) is 0 Å². The van der Waals surface area contributed by atoms with Crippen LogP contribution in [0.25, 0.3) is 11.4 Å². The highest BCUT2D eigenvalue weighted by Crippen LogP contribution is 2.34. The lowest BCUT2D eigenvalue weighted by Gasteiger charge is -2.23. The third-order valence-electron chi connectivity index (χ3n) is 4.99. The molecular weight excluding hydrogens is 516 g/mol. The highest BCUT2D eigenvalue weighted by Gasteiger charge is 2.40. The number of cyclic esters (lactones) is 1. The number of hydrogen-bond acceptors (Lipinski definition) is 10. The second-order valence-corrected chi connectivity index (χ2v) is 8.04. The van der Waals surface area contributed by atoms with Crippen molar-refractivity contribution in [2.24, 2.45) is 0 Å². The fourth-order valence-electron chi connectivity index (χ4n) is 3.26. The van der Waals surface area contributed by atoms with Crippen LogP contribution >= 0.6 is 11.6 Å². The van der Waals surface area contributed by atoms with Crippen LogP contribution in [0.4, 0.5) is 34.1 Å². The van der Waals surface area contributed by atoms with Crippen LogP contribution in [-0.2, 0) is 4.74 Å². The molecule has 1 aliphatic heterocycles. The van der Waals surface area contributed by atoms with Crippen LogP contribution in [0, 0.1) is 5.82 Å². The van der Waals surface area contributed by atoms with Crippen molar-refractivity contribution in [2.75, 3.05) is 16.8 Å². The van der Waals surface area contributed by atoms with E-state index in [1.165, 1.54) is 19.1 Å². The predicted molar refractivity (Wildman–Crippen MR) is 115 cm³/mol. The highest BCUT2D eigenvalue weighted by molar-refractivity contribution is 6.32. The molecule has 1 aliphatic rings. The minimum absolute atomic E-state index is 0.00449. The summed E-state index contributed by atoms with van der Waals surface area (Å²) in [4.78, 5) is 25.0. The van der Waals surface area contributed by atoms with E-state index in [1.807, 2.05) is 0 Å². The summed E-state index contributed by atoms with van der Waals surface area (Å²) in [5.41, 5.74) is 0.137. The topological polar surface area (TPSA) is 136 Å². The van der Waals surface area contributed by atoms with Gasteiger partial charge in [0.15, 0.2) is 11.6 Å². The molecule has 3 heterocycles. The number of halogens is 5. The molecule has 1 aromatic carbocycles. The van der Waals surface area contributed by atoms with Crippen molar-refractivity contribution in [3.8, 4) is 17.1 Å². The average molecular weight is 533 g/mol. The van der Waals surface area contributed by atoms with E-state index in [0.29, 0.717) is 0 Å². The van der Waals surface area contributed by atoms with Gasteiger partial charge in [-0.2, -0.15) is 9.97 Å². The van der Waals surface area contributed by atoms with E-state index in [4.69, 9.17) is 20.9 Å². The molecule has 0 saturated carbocycles. The van der Waals surface area contributed by atoms with Crippen LogP contribution in [0.15, 0.2) is 28.9 Å². The van der Waals surface area contributed by atoms with E-state index in [1.54, 1.807) is 6.92 Å². The van der Waals surface area contributed by atoms with E-state index in [2.05, 4.69) is 30.2 Å². The molecule has 0 bridgehead atoms. The zero-order valence-corrected chi connectivity index (χ0v) is 19.2. The zero-order chi connectivity index (χ0) is 26.2. The van der Waals surface area contributed by atoms with Crippen molar-refractivity contribution < 1.29 is 41.5 Å². The predicted octanol–water partition coefficient (Wildman–Crippen LogP) is 4.10. The van der Waals surface area contributed by atoms with Crippen molar-refractivity contribution in [3.63, 3.8) is 0 Å². The summed E-state index contributed by atoms with van der Waals surface area (Å²) in [6.07, 6.45) is -6.01. The number of hydrogen-bond donors (Lipinski definition) is 2. The van der Waals surface area contributed by atoms with Gasteiger partial charge in [0.1, 0.15) is 24.4 Å². The lowest BCUT2D eigenvalue weighted by atomic mass is 10.2. The maximum atomic E-state index is 14.4. The number of carbonyl (C=O) groups is 1. The minimum atomic E-state index is -4.95. The fourth-order valence-corrected chi connectivity index (χ4v) is 3.42. The van der Waals surface area contributed by atoms with Crippen molar-refractivity contribution >= 4 is 29.5 Å². The van der Waals surface area contributed by atoms with Gasteiger partial charge in [0.2, 0.25) is 17.7 Å². The summed E-state index contributed by atoms with van der Waals surface area (Å²) < 4.78 is 66.2. The van der Waals surface area contributed by atoms with Gasteiger partial charge in [0, 0.05) is 5.56 Å². The summed E-state index contributed by atoms with van der Waals surface area (Å²) in [5, 5.41) is 16.2. The van der Waals surface area contributed by atoms with Gasteiger partial charge in [-0.25, -0.2) is 19.1 Å². The number of carbonyl (C=O) groups excluding carboxylic acids is 1. The first-order valence-electron chi connectivity index (χ1n) is 10.3. The van der Waals surface area contributed by atoms with Crippen LogP contribution < -0.4 is 15.0 Å². The Bertz CT molecular complexity index is 1270. The Balaban J connectivity index is 1.53. The molecule has 11 nitrogen and oxygen atoms in total. The van der Waals surface area contributed by atoms with E-state index in [-0.39, 0.29) is 34.9 Å². The highest BCUT2D eigenvalue weighted by atomic mass is 35.5. The van der Waals surface area contributed by atoms with E-state index >= 15 is 0 Å². The van der Waals surface area contributed by atoms with Crippen LogP contribution in [-0.4, -0.2) is 56.4 Å². The zero-order valence-electron chi connectivity index (χ0n) is 18.5. The van der Waals surface area contributed by atoms with E-state index in [9.17, 15) is 27.5 Å². The third kappa shape index (κ3) is 5.41. The quantitative estimate of drug-likeness (QED) is 0.428. The minimum Gasteiger partial charge on any atom is -0.447 e. The monoisotopic (exact) mass is 532 g/mol. The van der Waals surface area contributed by atoms with E-state index in [0.717, 1.165) is 17.2 Å². The Morgan fingerprint density at radius 3 is 2.75 bits per heavy atom. The smallest absolute Gasteiger partial charge is 0.447 e. The van der Waals surface area contributed by atoms with Gasteiger partial charge >= 0.3 is 12.5 Å². The molecule has 4 rings (SSSR count). The third-order valence-corrected chi connectivity index (χ3v) is 5.30. The molecule has 3 atom stereocenters. The van der Waals surface area contributed by atoms with Crippen LogP contribution in [0.3, 0.4) is 0 Å². The number of aliphatic hydroxyl groups excluding tert-OH is 1. The van der Waals surface area contributed by atoms with Gasteiger partial charge in [0.25, 0.3) is 0 Å². The molecule has 2 aromatic heterocycles. The summed E-state index contributed by atoms with van der Waals surface area (Å²) in [7, 11) is 0. The van der Waals surface area contributed by atoms with Gasteiger partial charge in [-0.05, 0) is 32.0 Å². The summed E-state index contributed by atoms with van der Waals surface area (Å²) in [5.74, 6) is -2.13. The molecule has 1 amide bonds. The molecule has 0 radical (unpaired) electrons. The molecule has 1 unspecified atom stereocenters. The standard InChI is InChI=1S/C20H17ClF4N6O5/c1-8(17-28-15(30-36-17)10-3-4-11(21)14(5-10)35-20(23,24)25)27-18-26-6-12(22)16(29-18)31-13(9(2)32)7-34-19(31)33/h3-6,8-9,13,32H,7H2,1-2H3,(H,26,27,29)/t8-,9+,13?/m0/s1. The Labute approximate surface area is 205 Å². The molecule has 1 fully saturated rings. The number of alkyl halides is 3. The van der Waals surface area contributed by atoms with Crippen molar-refractivity contribution in [2.45, 2.75) is 38.4 Å². The number of rotatable bonds is 7. The van der Waals surface area contributed by atoms with E-state index < -0.39 is 48.0 Å². The molecule has 0 aliphatic carbocycles. The Kier molecular flexibility index (Phi) is 6.86. The van der Waals surface area contributed by atoms with Crippen molar-refractivity contribution in [3.05, 3.63) is 41.1 Å². The number of aromatic nitrogens is 4. The number of amides is 1. The summed E-state index contributed by atoms with van der Waals surface area (Å²) in [6, 6.07) is 1.97. The number of nitrogens with one attached hydrogen (secondary N) is 1. The first kappa shape index (κ1) is 25.4. The molecule has 36 heavy (non-hydrogen) atoms. The fraction of sp³-hybridized carbons (Fsp3) is 0.350. The van der Waals surface area contributed by atoms with Gasteiger partial charge in [-0.15, -0.1) is 13.2 Å². The van der Waals surface area contributed by atoms with Crippen LogP contribution in [0.5, 0.6) is 5.75 Å². The van der Waals surface area contributed by atoms with Gasteiger partial charge in [0.05, 0.1) is 17.3 Å². The number of aliphatic hydroxyl groups is 1. The molecule has 0 spiro atoms. The van der Waals surface area contributed by atoms with Gasteiger partial charge in [-0.1, -0.05) is 16.8 Å². The summed E-state index contributed by atoms with van der Waals surface area (Å²) in [6.45, 7) is 2.85. The second kappa shape index (κ2) is 9.73. The average Bonchev–Trinajstić information content (AvgIpc) is 3.43. The number of anilines is 2. The lowest BCUT2D eigenvalue weighted by Crippen LogP contribution is -2.42. The number of ether oxygens (including phenoxy) is 2. The lowest BCUT2D eigenvalue weighted by molar-refractivity contribution is -0.274. The number of benzene rings is 1. The number of nitrogens with zero attached hydrogens (tertiary/aromatic N) is 5. The van der Waals surface area contributed by atoms with Crippen molar-refractivity contribution in [1.82, 2.24) is 20.1 Å². The van der Waals surface area contributed by atoms with Crippen LogP contribution in [0.2, 0.25) is 5.02 Å². The largest absolute Gasteiger partial charge is 0.573 e. The molecule has 2 N–H and O–H groups in total. The summed E-state index contributed by atoms with van der Waals surface area (Å²) >= 11 is 5.76. The normalized spacial score (nSPS) is 17.6.